The average Bonchev–Trinajstić information content (AvgIpc) is 2.64. The molecule has 1 heterocycles. The number of pyridine rings is 1. The van der Waals surface area contributed by atoms with Gasteiger partial charge in [-0.1, -0.05) is 29.3 Å². The SMILES string of the molecule is O=S(=O)(c1ccc(Cl)cc1)N(CCc1ccccn1)c1ccc(Cl)cc1. The van der Waals surface area contributed by atoms with Crippen molar-refractivity contribution in [2.24, 2.45) is 0 Å². The predicted octanol–water partition coefficient (Wildman–Crippen LogP) is 4.83. The molecule has 0 saturated heterocycles. The van der Waals surface area contributed by atoms with Crippen LogP contribution in [0.4, 0.5) is 5.69 Å². The molecule has 0 aliphatic rings. The third-order valence-electron chi connectivity index (χ3n) is 3.81. The lowest BCUT2D eigenvalue weighted by atomic mass is 10.2. The fourth-order valence-electron chi connectivity index (χ4n) is 2.49. The van der Waals surface area contributed by atoms with Gasteiger partial charge in [0.2, 0.25) is 0 Å². The smallest absolute Gasteiger partial charge is 0.264 e. The molecule has 3 aromatic rings. The fraction of sp³-hybridized carbons (Fsp3) is 0.105. The predicted molar refractivity (Wildman–Crippen MR) is 105 cm³/mol. The molecule has 0 N–H and O–H groups in total. The second kappa shape index (κ2) is 8.08. The maximum Gasteiger partial charge on any atom is 0.264 e. The normalized spacial score (nSPS) is 11.3. The van der Waals surface area contributed by atoms with Crippen molar-refractivity contribution in [3.05, 3.63) is 88.7 Å². The zero-order valence-electron chi connectivity index (χ0n) is 13.7. The lowest BCUT2D eigenvalue weighted by Gasteiger charge is -2.24. The minimum atomic E-state index is -3.75. The molecule has 0 fully saturated rings. The Morgan fingerprint density at radius 2 is 1.46 bits per heavy atom. The van der Waals surface area contributed by atoms with Crippen LogP contribution < -0.4 is 4.31 Å². The topological polar surface area (TPSA) is 50.3 Å². The first kappa shape index (κ1) is 18.7. The summed E-state index contributed by atoms with van der Waals surface area (Å²) in [6.07, 6.45) is 2.17. The van der Waals surface area contributed by atoms with Crippen LogP contribution >= 0.6 is 23.2 Å². The maximum atomic E-state index is 13.2. The van der Waals surface area contributed by atoms with Crippen LogP contribution in [-0.4, -0.2) is 19.9 Å². The molecule has 7 heteroatoms. The maximum absolute atomic E-state index is 13.2. The van der Waals surface area contributed by atoms with Crippen molar-refractivity contribution in [2.75, 3.05) is 10.8 Å². The summed E-state index contributed by atoms with van der Waals surface area (Å²) in [5.41, 5.74) is 1.36. The van der Waals surface area contributed by atoms with Gasteiger partial charge in [0, 0.05) is 34.9 Å². The summed E-state index contributed by atoms with van der Waals surface area (Å²) in [5.74, 6) is 0. The molecule has 0 amide bonds. The Morgan fingerprint density at radius 1 is 0.846 bits per heavy atom. The Bertz CT molecular complexity index is 961. The second-order valence-electron chi connectivity index (χ2n) is 5.58. The molecule has 0 radical (unpaired) electrons. The highest BCUT2D eigenvalue weighted by molar-refractivity contribution is 7.92. The number of halogens is 2. The quantitative estimate of drug-likeness (QED) is 0.588. The van der Waals surface area contributed by atoms with Crippen LogP contribution in [0.1, 0.15) is 5.69 Å². The van der Waals surface area contributed by atoms with Crippen LogP contribution in [0, 0.1) is 0 Å². The summed E-state index contributed by atoms with van der Waals surface area (Å²) >= 11 is 11.8. The van der Waals surface area contributed by atoms with Crippen LogP contribution in [0.2, 0.25) is 10.0 Å². The first-order chi connectivity index (χ1) is 12.5. The van der Waals surface area contributed by atoms with Crippen molar-refractivity contribution >= 4 is 38.9 Å². The Labute approximate surface area is 163 Å². The van der Waals surface area contributed by atoms with Gasteiger partial charge < -0.3 is 0 Å². The average molecular weight is 407 g/mol. The number of benzene rings is 2. The van der Waals surface area contributed by atoms with Gasteiger partial charge in [-0.2, -0.15) is 0 Å². The summed E-state index contributed by atoms with van der Waals surface area (Å²) in [4.78, 5) is 4.44. The second-order valence-corrected chi connectivity index (χ2v) is 8.31. The van der Waals surface area contributed by atoms with Crippen molar-refractivity contribution in [3.8, 4) is 0 Å². The molecule has 0 atom stereocenters. The molecule has 134 valence electrons. The van der Waals surface area contributed by atoms with Crippen LogP contribution in [0.15, 0.2) is 77.8 Å². The van der Waals surface area contributed by atoms with Crippen LogP contribution in [-0.2, 0) is 16.4 Å². The van der Waals surface area contributed by atoms with E-state index in [4.69, 9.17) is 23.2 Å². The third-order valence-corrected chi connectivity index (χ3v) is 6.16. The summed E-state index contributed by atoms with van der Waals surface area (Å²) in [7, 11) is -3.75. The number of anilines is 1. The number of nitrogens with zero attached hydrogens (tertiary/aromatic N) is 2. The molecule has 2 aromatic carbocycles. The molecular formula is C19H16Cl2N2O2S. The van der Waals surface area contributed by atoms with E-state index in [-0.39, 0.29) is 11.4 Å². The number of hydrogen-bond donors (Lipinski definition) is 0. The zero-order chi connectivity index (χ0) is 18.6. The van der Waals surface area contributed by atoms with Crippen LogP contribution in [0.25, 0.3) is 0 Å². The van der Waals surface area contributed by atoms with Gasteiger partial charge in [-0.15, -0.1) is 0 Å². The van der Waals surface area contributed by atoms with Gasteiger partial charge in [0.1, 0.15) is 0 Å². The summed E-state index contributed by atoms with van der Waals surface area (Å²) in [5, 5.41) is 1.03. The van der Waals surface area contributed by atoms with Gasteiger partial charge >= 0.3 is 0 Å². The Balaban J connectivity index is 1.96. The monoisotopic (exact) mass is 406 g/mol. The van der Waals surface area contributed by atoms with Crippen molar-refractivity contribution in [1.29, 1.82) is 0 Å². The highest BCUT2D eigenvalue weighted by Crippen LogP contribution is 2.26. The van der Waals surface area contributed by atoms with Crippen molar-refractivity contribution < 1.29 is 8.42 Å². The van der Waals surface area contributed by atoms with Gasteiger partial charge in [0.15, 0.2) is 0 Å². The van der Waals surface area contributed by atoms with Gasteiger partial charge in [-0.05, 0) is 60.7 Å². The lowest BCUT2D eigenvalue weighted by molar-refractivity contribution is 0.590. The molecule has 0 unspecified atom stereocenters. The Hall–Kier alpha value is -2.08. The zero-order valence-corrected chi connectivity index (χ0v) is 16.0. The molecule has 0 saturated carbocycles. The standard InChI is InChI=1S/C19H16Cl2N2O2S/c20-15-4-8-18(9-5-15)23(14-12-17-3-1-2-13-22-17)26(24,25)19-10-6-16(21)7-11-19/h1-11,13H,12,14H2. The molecule has 0 aliphatic carbocycles. The number of aromatic nitrogens is 1. The highest BCUT2D eigenvalue weighted by atomic mass is 35.5. The van der Waals surface area contributed by atoms with E-state index < -0.39 is 10.0 Å². The molecule has 4 nitrogen and oxygen atoms in total. The fourth-order valence-corrected chi connectivity index (χ4v) is 4.21. The Morgan fingerprint density at radius 3 is 2.04 bits per heavy atom. The molecule has 26 heavy (non-hydrogen) atoms. The van der Waals surface area contributed by atoms with E-state index in [9.17, 15) is 8.42 Å². The van der Waals surface area contributed by atoms with Crippen LogP contribution in [0.3, 0.4) is 0 Å². The summed E-state index contributed by atoms with van der Waals surface area (Å²) in [6, 6.07) is 18.4. The number of sulfonamides is 1. The Kier molecular flexibility index (Phi) is 5.81. The van der Waals surface area contributed by atoms with E-state index in [2.05, 4.69) is 4.98 Å². The summed E-state index contributed by atoms with van der Waals surface area (Å²) in [6.45, 7) is 0.254. The lowest BCUT2D eigenvalue weighted by Crippen LogP contribution is -2.33. The van der Waals surface area contributed by atoms with E-state index >= 15 is 0 Å². The summed E-state index contributed by atoms with van der Waals surface area (Å²) < 4.78 is 27.7. The van der Waals surface area contributed by atoms with Gasteiger partial charge in [0.05, 0.1) is 10.6 Å². The molecule has 0 bridgehead atoms. The third kappa shape index (κ3) is 4.36. The molecule has 0 aliphatic heterocycles. The van der Waals surface area contributed by atoms with E-state index in [1.165, 1.54) is 16.4 Å². The van der Waals surface area contributed by atoms with E-state index in [0.29, 0.717) is 22.2 Å². The number of rotatable bonds is 6. The minimum Gasteiger partial charge on any atom is -0.266 e. The van der Waals surface area contributed by atoms with Gasteiger partial charge in [0.25, 0.3) is 10.0 Å². The minimum absolute atomic E-state index is 0.179. The van der Waals surface area contributed by atoms with E-state index in [1.54, 1.807) is 42.6 Å². The van der Waals surface area contributed by atoms with E-state index in [0.717, 1.165) is 5.69 Å². The largest absolute Gasteiger partial charge is 0.266 e. The van der Waals surface area contributed by atoms with Crippen molar-refractivity contribution in [1.82, 2.24) is 4.98 Å². The molecule has 3 rings (SSSR count). The van der Waals surface area contributed by atoms with Gasteiger partial charge in [-0.25, -0.2) is 8.42 Å². The first-order valence-electron chi connectivity index (χ1n) is 7.90. The molecular weight excluding hydrogens is 391 g/mol. The first-order valence-corrected chi connectivity index (χ1v) is 10.1. The molecule has 0 spiro atoms. The number of hydrogen-bond acceptors (Lipinski definition) is 3. The van der Waals surface area contributed by atoms with Crippen molar-refractivity contribution in [3.63, 3.8) is 0 Å². The van der Waals surface area contributed by atoms with Crippen molar-refractivity contribution in [2.45, 2.75) is 11.3 Å². The van der Waals surface area contributed by atoms with Gasteiger partial charge in [-0.3, -0.25) is 9.29 Å². The van der Waals surface area contributed by atoms with E-state index in [1.807, 2.05) is 18.2 Å². The highest BCUT2D eigenvalue weighted by Gasteiger charge is 2.25. The molecule has 1 aromatic heterocycles. The van der Waals surface area contributed by atoms with Crippen LogP contribution in [0.5, 0.6) is 0 Å².